The summed E-state index contributed by atoms with van der Waals surface area (Å²) in [6.07, 6.45) is 2.52. The molecule has 1 aliphatic heterocycles. The van der Waals surface area contributed by atoms with Crippen LogP contribution in [0.4, 0.5) is 0 Å². The molecule has 0 amide bonds. The molecule has 1 aromatic carbocycles. The Morgan fingerprint density at radius 1 is 1.39 bits per heavy atom. The highest BCUT2D eigenvalue weighted by molar-refractivity contribution is 5.76. The third kappa shape index (κ3) is 3.96. The summed E-state index contributed by atoms with van der Waals surface area (Å²) in [5.41, 5.74) is 0.995. The number of hydrogen-bond donors (Lipinski definition) is 0. The Bertz CT molecular complexity index is 642. The smallest absolute Gasteiger partial charge is 0.323 e. The Kier molecular flexibility index (Phi) is 5.02. The van der Waals surface area contributed by atoms with Gasteiger partial charge in [-0.1, -0.05) is 42.4 Å². The zero-order valence-corrected chi connectivity index (χ0v) is 13.3. The van der Waals surface area contributed by atoms with Gasteiger partial charge in [0.15, 0.2) is 5.82 Å². The standard InChI is InChI=1S/C17H21N3O3/c1-2-15-18-16(23-19-15)11-20-10-6-9-14(20)17(21)22-12-13-7-4-3-5-8-13/h3-5,7-8,14H,2,6,9-12H2,1H3. The number of ether oxygens (including phenoxy) is 1. The van der Waals surface area contributed by atoms with E-state index in [4.69, 9.17) is 9.26 Å². The number of nitrogens with zero attached hydrogens (tertiary/aromatic N) is 3. The molecule has 0 bridgehead atoms. The zero-order valence-electron chi connectivity index (χ0n) is 13.3. The van der Waals surface area contributed by atoms with Gasteiger partial charge in [0, 0.05) is 6.42 Å². The molecule has 1 fully saturated rings. The van der Waals surface area contributed by atoms with Gasteiger partial charge in [-0.05, 0) is 24.9 Å². The molecule has 23 heavy (non-hydrogen) atoms. The summed E-state index contributed by atoms with van der Waals surface area (Å²) in [6.45, 7) is 3.63. The Hall–Kier alpha value is -2.21. The van der Waals surface area contributed by atoms with Crippen LogP contribution in [0.15, 0.2) is 34.9 Å². The lowest BCUT2D eigenvalue weighted by Crippen LogP contribution is -2.36. The van der Waals surface area contributed by atoms with Crippen molar-refractivity contribution in [3.8, 4) is 0 Å². The molecule has 1 saturated heterocycles. The summed E-state index contributed by atoms with van der Waals surface area (Å²) in [5, 5.41) is 3.89. The summed E-state index contributed by atoms with van der Waals surface area (Å²) < 4.78 is 10.7. The lowest BCUT2D eigenvalue weighted by molar-refractivity contribution is -0.150. The van der Waals surface area contributed by atoms with E-state index in [9.17, 15) is 4.79 Å². The van der Waals surface area contributed by atoms with E-state index < -0.39 is 0 Å². The van der Waals surface area contributed by atoms with E-state index in [0.29, 0.717) is 24.9 Å². The Morgan fingerprint density at radius 2 is 2.22 bits per heavy atom. The van der Waals surface area contributed by atoms with Crippen molar-refractivity contribution in [2.24, 2.45) is 0 Å². The summed E-state index contributed by atoms with van der Waals surface area (Å²) in [6, 6.07) is 9.49. The van der Waals surface area contributed by atoms with E-state index in [-0.39, 0.29) is 12.0 Å². The van der Waals surface area contributed by atoms with Crippen LogP contribution in [0.3, 0.4) is 0 Å². The van der Waals surface area contributed by atoms with Crippen molar-refractivity contribution in [1.82, 2.24) is 15.0 Å². The van der Waals surface area contributed by atoms with Crippen LogP contribution in [0.25, 0.3) is 0 Å². The van der Waals surface area contributed by atoms with E-state index in [1.54, 1.807) is 0 Å². The first-order valence-electron chi connectivity index (χ1n) is 8.02. The number of carbonyl (C=O) groups is 1. The van der Waals surface area contributed by atoms with Crippen molar-refractivity contribution in [2.45, 2.75) is 45.4 Å². The van der Waals surface area contributed by atoms with Crippen LogP contribution in [0.5, 0.6) is 0 Å². The maximum atomic E-state index is 12.4. The fourth-order valence-electron chi connectivity index (χ4n) is 2.78. The topological polar surface area (TPSA) is 68.5 Å². The number of hydrogen-bond acceptors (Lipinski definition) is 6. The fourth-order valence-corrected chi connectivity index (χ4v) is 2.78. The summed E-state index contributed by atoms with van der Waals surface area (Å²) in [7, 11) is 0. The van der Waals surface area contributed by atoms with Crippen molar-refractivity contribution in [1.29, 1.82) is 0 Å². The highest BCUT2D eigenvalue weighted by Gasteiger charge is 2.33. The average Bonchev–Trinajstić information content (AvgIpc) is 3.23. The van der Waals surface area contributed by atoms with Crippen molar-refractivity contribution < 1.29 is 14.1 Å². The highest BCUT2D eigenvalue weighted by Crippen LogP contribution is 2.21. The molecule has 0 radical (unpaired) electrons. The molecule has 6 heteroatoms. The molecule has 2 aromatic rings. The minimum atomic E-state index is -0.226. The van der Waals surface area contributed by atoms with Gasteiger partial charge in [0.2, 0.25) is 5.89 Å². The monoisotopic (exact) mass is 315 g/mol. The van der Waals surface area contributed by atoms with Gasteiger partial charge in [-0.3, -0.25) is 9.69 Å². The molecule has 0 N–H and O–H groups in total. The Labute approximate surface area is 135 Å². The second kappa shape index (κ2) is 7.37. The third-order valence-electron chi connectivity index (χ3n) is 4.02. The van der Waals surface area contributed by atoms with E-state index >= 15 is 0 Å². The first-order chi connectivity index (χ1) is 11.3. The van der Waals surface area contributed by atoms with Crippen LogP contribution < -0.4 is 0 Å². The van der Waals surface area contributed by atoms with E-state index in [1.807, 2.05) is 37.3 Å². The largest absolute Gasteiger partial charge is 0.460 e. The van der Waals surface area contributed by atoms with Gasteiger partial charge in [-0.25, -0.2) is 0 Å². The summed E-state index contributed by atoms with van der Waals surface area (Å²) >= 11 is 0. The summed E-state index contributed by atoms with van der Waals surface area (Å²) in [4.78, 5) is 18.7. The minimum absolute atomic E-state index is 0.179. The molecule has 1 aliphatic rings. The maximum absolute atomic E-state index is 12.4. The Morgan fingerprint density at radius 3 is 2.96 bits per heavy atom. The van der Waals surface area contributed by atoms with Crippen molar-refractivity contribution in [3.63, 3.8) is 0 Å². The molecule has 0 saturated carbocycles. The molecule has 122 valence electrons. The van der Waals surface area contributed by atoms with Gasteiger partial charge in [0.1, 0.15) is 12.6 Å². The van der Waals surface area contributed by atoms with Gasteiger partial charge in [0.05, 0.1) is 6.54 Å². The van der Waals surface area contributed by atoms with Gasteiger partial charge in [-0.2, -0.15) is 4.98 Å². The lowest BCUT2D eigenvalue weighted by atomic mass is 10.2. The molecule has 1 aromatic heterocycles. The molecule has 0 aliphatic carbocycles. The molecule has 2 heterocycles. The van der Waals surface area contributed by atoms with Crippen LogP contribution in [0.2, 0.25) is 0 Å². The SMILES string of the molecule is CCc1noc(CN2CCCC2C(=O)OCc2ccccc2)n1. The normalized spacial score (nSPS) is 18.2. The number of esters is 1. The Balaban J connectivity index is 1.56. The minimum Gasteiger partial charge on any atom is -0.460 e. The predicted molar refractivity (Wildman–Crippen MR) is 83.3 cm³/mol. The number of aryl methyl sites for hydroxylation is 1. The van der Waals surface area contributed by atoms with E-state index in [1.165, 1.54) is 0 Å². The van der Waals surface area contributed by atoms with Crippen molar-refractivity contribution in [2.75, 3.05) is 6.54 Å². The van der Waals surface area contributed by atoms with Gasteiger partial charge in [-0.15, -0.1) is 0 Å². The molecule has 1 unspecified atom stereocenters. The molecule has 0 spiro atoms. The number of likely N-dealkylation sites (tertiary alicyclic amines) is 1. The second-order valence-electron chi connectivity index (χ2n) is 5.68. The molecule has 6 nitrogen and oxygen atoms in total. The average molecular weight is 315 g/mol. The van der Waals surface area contributed by atoms with Crippen LogP contribution in [-0.4, -0.2) is 33.6 Å². The zero-order chi connectivity index (χ0) is 16.1. The molecule has 3 rings (SSSR count). The third-order valence-corrected chi connectivity index (χ3v) is 4.02. The van der Waals surface area contributed by atoms with E-state index in [2.05, 4.69) is 15.0 Å². The van der Waals surface area contributed by atoms with Gasteiger partial charge in [0.25, 0.3) is 0 Å². The highest BCUT2D eigenvalue weighted by atomic mass is 16.5. The van der Waals surface area contributed by atoms with Crippen molar-refractivity contribution in [3.05, 3.63) is 47.6 Å². The molecular formula is C17H21N3O3. The number of rotatable bonds is 6. The van der Waals surface area contributed by atoms with Crippen molar-refractivity contribution >= 4 is 5.97 Å². The first-order valence-corrected chi connectivity index (χ1v) is 8.02. The van der Waals surface area contributed by atoms with Crippen LogP contribution in [0.1, 0.15) is 37.0 Å². The summed E-state index contributed by atoms with van der Waals surface area (Å²) in [5.74, 6) is 1.08. The number of carbonyl (C=O) groups excluding carboxylic acids is 1. The molecular weight excluding hydrogens is 294 g/mol. The van der Waals surface area contributed by atoms with Crippen LogP contribution in [-0.2, 0) is 29.1 Å². The van der Waals surface area contributed by atoms with Gasteiger partial charge < -0.3 is 9.26 Å². The number of aromatic nitrogens is 2. The van der Waals surface area contributed by atoms with Crippen LogP contribution in [0, 0.1) is 0 Å². The van der Waals surface area contributed by atoms with Crippen LogP contribution >= 0.6 is 0 Å². The number of benzene rings is 1. The predicted octanol–water partition coefficient (Wildman–Crippen LogP) is 2.34. The quantitative estimate of drug-likeness (QED) is 0.762. The maximum Gasteiger partial charge on any atom is 0.323 e. The lowest BCUT2D eigenvalue weighted by Gasteiger charge is -2.21. The van der Waals surface area contributed by atoms with E-state index in [0.717, 1.165) is 31.4 Å². The van der Waals surface area contributed by atoms with Gasteiger partial charge >= 0.3 is 5.97 Å². The first kappa shape index (κ1) is 15.7. The second-order valence-corrected chi connectivity index (χ2v) is 5.68. The fraction of sp³-hybridized carbons (Fsp3) is 0.471. The molecule has 1 atom stereocenters.